The average Bonchev–Trinajstić information content (AvgIpc) is 2.15. The molecule has 1 aromatic carbocycles. The molecule has 76 valence electrons. The van der Waals surface area contributed by atoms with E-state index in [0.29, 0.717) is 6.54 Å². The summed E-state index contributed by atoms with van der Waals surface area (Å²) in [5, 5.41) is 0. The zero-order valence-corrected chi connectivity index (χ0v) is 8.66. The van der Waals surface area contributed by atoms with Gasteiger partial charge < -0.3 is 5.73 Å². The van der Waals surface area contributed by atoms with Crippen molar-refractivity contribution in [2.45, 2.75) is 20.3 Å². The highest BCUT2D eigenvalue weighted by atomic mass is 16.2. The molecular formula is C11H16N2O. The van der Waals surface area contributed by atoms with Crippen LogP contribution in [0, 0.1) is 6.92 Å². The first-order valence-electron chi connectivity index (χ1n) is 4.79. The molecule has 1 aromatic rings. The van der Waals surface area contributed by atoms with Gasteiger partial charge >= 0.3 is 6.03 Å². The molecule has 0 bridgehead atoms. The molecule has 0 spiro atoms. The quantitative estimate of drug-likeness (QED) is 0.784. The van der Waals surface area contributed by atoms with Crippen LogP contribution in [0.2, 0.25) is 0 Å². The topological polar surface area (TPSA) is 46.3 Å². The van der Waals surface area contributed by atoms with Gasteiger partial charge in [-0.2, -0.15) is 0 Å². The van der Waals surface area contributed by atoms with Gasteiger partial charge in [0.25, 0.3) is 0 Å². The van der Waals surface area contributed by atoms with E-state index in [1.165, 1.54) is 0 Å². The maximum Gasteiger partial charge on any atom is 0.319 e. The van der Waals surface area contributed by atoms with Crippen LogP contribution in [0.1, 0.15) is 18.9 Å². The van der Waals surface area contributed by atoms with Crippen molar-refractivity contribution in [3.05, 3.63) is 29.8 Å². The molecule has 0 aliphatic rings. The normalized spacial score (nSPS) is 9.86. The lowest BCUT2D eigenvalue weighted by Crippen LogP contribution is -2.36. The number of rotatable bonds is 3. The molecule has 1 rings (SSSR count). The third-order valence-electron chi connectivity index (χ3n) is 2.12. The van der Waals surface area contributed by atoms with Gasteiger partial charge in [-0.25, -0.2) is 4.79 Å². The summed E-state index contributed by atoms with van der Waals surface area (Å²) in [6, 6.07) is 7.36. The van der Waals surface area contributed by atoms with Crippen LogP contribution in [0.5, 0.6) is 0 Å². The van der Waals surface area contributed by atoms with Gasteiger partial charge in [-0.15, -0.1) is 0 Å². The highest BCUT2D eigenvalue weighted by Gasteiger charge is 2.12. The number of nitrogens with zero attached hydrogens (tertiary/aromatic N) is 1. The lowest BCUT2D eigenvalue weighted by molar-refractivity contribution is 0.254. The molecule has 0 fully saturated rings. The van der Waals surface area contributed by atoms with E-state index in [9.17, 15) is 4.79 Å². The molecule has 14 heavy (non-hydrogen) atoms. The maximum absolute atomic E-state index is 11.2. The van der Waals surface area contributed by atoms with E-state index in [1.807, 2.05) is 38.1 Å². The van der Waals surface area contributed by atoms with Gasteiger partial charge in [0.05, 0.1) is 0 Å². The van der Waals surface area contributed by atoms with Gasteiger partial charge in [0, 0.05) is 12.2 Å². The number of hydrogen-bond donors (Lipinski definition) is 1. The fraction of sp³-hybridized carbons (Fsp3) is 0.364. The predicted octanol–water partition coefficient (Wildman–Crippen LogP) is 2.29. The van der Waals surface area contributed by atoms with Gasteiger partial charge in [0.2, 0.25) is 0 Å². The number of urea groups is 1. The SMILES string of the molecule is CCCN(C(N)=O)c1ccccc1C. The minimum absolute atomic E-state index is 0.388. The van der Waals surface area contributed by atoms with Crippen LogP contribution in [0.3, 0.4) is 0 Å². The highest BCUT2D eigenvalue weighted by molar-refractivity contribution is 5.91. The second kappa shape index (κ2) is 4.65. The molecule has 0 aromatic heterocycles. The monoisotopic (exact) mass is 192 g/mol. The lowest BCUT2D eigenvalue weighted by atomic mass is 10.2. The molecule has 2 N–H and O–H groups in total. The van der Waals surface area contributed by atoms with Gasteiger partial charge in [0.15, 0.2) is 0 Å². The zero-order chi connectivity index (χ0) is 10.6. The summed E-state index contributed by atoms with van der Waals surface area (Å²) >= 11 is 0. The van der Waals surface area contributed by atoms with Crippen molar-refractivity contribution in [1.82, 2.24) is 0 Å². The standard InChI is InChI=1S/C11H16N2O/c1-3-8-13(11(12)14)10-7-5-4-6-9(10)2/h4-7H,3,8H2,1-2H3,(H2,12,14). The van der Waals surface area contributed by atoms with Crippen LogP contribution in [0.4, 0.5) is 10.5 Å². The Morgan fingerprint density at radius 1 is 1.43 bits per heavy atom. The maximum atomic E-state index is 11.2. The van der Waals surface area contributed by atoms with E-state index >= 15 is 0 Å². The second-order valence-electron chi connectivity index (χ2n) is 3.28. The van der Waals surface area contributed by atoms with Crippen LogP contribution < -0.4 is 10.6 Å². The summed E-state index contributed by atoms with van der Waals surface area (Å²) in [6.45, 7) is 4.66. The molecule has 0 aliphatic carbocycles. The van der Waals surface area contributed by atoms with E-state index in [2.05, 4.69) is 0 Å². The smallest absolute Gasteiger partial charge is 0.319 e. The number of carbonyl (C=O) groups is 1. The Hall–Kier alpha value is -1.51. The van der Waals surface area contributed by atoms with Crippen LogP contribution >= 0.6 is 0 Å². The number of benzene rings is 1. The summed E-state index contributed by atoms with van der Waals surface area (Å²) in [5.74, 6) is 0. The minimum atomic E-state index is -0.388. The van der Waals surface area contributed by atoms with E-state index in [0.717, 1.165) is 17.7 Å². The molecule has 0 radical (unpaired) electrons. The number of anilines is 1. The molecule has 0 aliphatic heterocycles. The Morgan fingerprint density at radius 3 is 2.57 bits per heavy atom. The molecule has 0 saturated carbocycles. The second-order valence-corrected chi connectivity index (χ2v) is 3.28. The van der Waals surface area contributed by atoms with Crippen LogP contribution in [0.15, 0.2) is 24.3 Å². The molecule has 3 nitrogen and oxygen atoms in total. The fourth-order valence-electron chi connectivity index (χ4n) is 1.44. The Bertz CT molecular complexity index is 323. The van der Waals surface area contributed by atoms with Crippen molar-refractivity contribution in [2.75, 3.05) is 11.4 Å². The molecule has 3 heteroatoms. The number of para-hydroxylation sites is 1. The van der Waals surface area contributed by atoms with Crippen LogP contribution in [-0.2, 0) is 0 Å². The third-order valence-corrected chi connectivity index (χ3v) is 2.12. The Morgan fingerprint density at radius 2 is 2.07 bits per heavy atom. The molecular weight excluding hydrogens is 176 g/mol. The van der Waals surface area contributed by atoms with Crippen molar-refractivity contribution in [3.63, 3.8) is 0 Å². The molecule has 0 heterocycles. The molecule has 0 unspecified atom stereocenters. The molecule has 2 amide bonds. The predicted molar refractivity (Wildman–Crippen MR) is 58.4 cm³/mol. The number of hydrogen-bond acceptors (Lipinski definition) is 1. The average molecular weight is 192 g/mol. The fourth-order valence-corrected chi connectivity index (χ4v) is 1.44. The van der Waals surface area contributed by atoms with Crippen LogP contribution in [0.25, 0.3) is 0 Å². The Balaban J connectivity index is 2.99. The first-order valence-corrected chi connectivity index (χ1v) is 4.79. The molecule has 0 saturated heterocycles. The highest BCUT2D eigenvalue weighted by Crippen LogP contribution is 2.19. The van der Waals surface area contributed by atoms with Crippen LogP contribution in [-0.4, -0.2) is 12.6 Å². The summed E-state index contributed by atoms with van der Waals surface area (Å²) in [7, 11) is 0. The number of primary amides is 1. The Labute approximate surface area is 84.5 Å². The summed E-state index contributed by atoms with van der Waals surface area (Å²) in [4.78, 5) is 12.8. The summed E-state index contributed by atoms with van der Waals surface area (Å²) in [6.07, 6.45) is 0.900. The van der Waals surface area contributed by atoms with Gasteiger partial charge in [0.1, 0.15) is 0 Å². The number of amides is 2. The van der Waals surface area contributed by atoms with E-state index in [1.54, 1.807) is 4.90 Å². The van der Waals surface area contributed by atoms with E-state index < -0.39 is 0 Å². The summed E-state index contributed by atoms with van der Waals surface area (Å²) in [5.41, 5.74) is 7.28. The van der Waals surface area contributed by atoms with E-state index in [-0.39, 0.29) is 6.03 Å². The third kappa shape index (κ3) is 2.25. The first kappa shape index (κ1) is 10.6. The number of aryl methyl sites for hydroxylation is 1. The van der Waals surface area contributed by atoms with Gasteiger partial charge in [-0.05, 0) is 25.0 Å². The van der Waals surface area contributed by atoms with Gasteiger partial charge in [-0.3, -0.25) is 4.90 Å². The first-order chi connectivity index (χ1) is 6.66. The molecule has 0 atom stereocenters. The van der Waals surface area contributed by atoms with Crippen molar-refractivity contribution in [2.24, 2.45) is 5.73 Å². The largest absolute Gasteiger partial charge is 0.351 e. The number of carbonyl (C=O) groups excluding carboxylic acids is 1. The van der Waals surface area contributed by atoms with Crippen molar-refractivity contribution in [3.8, 4) is 0 Å². The minimum Gasteiger partial charge on any atom is -0.351 e. The van der Waals surface area contributed by atoms with Gasteiger partial charge in [-0.1, -0.05) is 25.1 Å². The lowest BCUT2D eigenvalue weighted by Gasteiger charge is -2.21. The van der Waals surface area contributed by atoms with Crippen molar-refractivity contribution in [1.29, 1.82) is 0 Å². The number of nitrogens with two attached hydrogens (primary N) is 1. The zero-order valence-electron chi connectivity index (χ0n) is 8.66. The van der Waals surface area contributed by atoms with Crippen molar-refractivity contribution < 1.29 is 4.79 Å². The summed E-state index contributed by atoms with van der Waals surface area (Å²) < 4.78 is 0. The van der Waals surface area contributed by atoms with E-state index in [4.69, 9.17) is 5.73 Å². The Kier molecular flexibility index (Phi) is 3.51. The van der Waals surface area contributed by atoms with Crippen molar-refractivity contribution >= 4 is 11.7 Å².